The Bertz CT molecular complexity index is 1110. The molecule has 152 valence electrons. The highest BCUT2D eigenvalue weighted by Crippen LogP contribution is 2.54. The van der Waals surface area contributed by atoms with Gasteiger partial charge in [0.2, 0.25) is 0 Å². The molecule has 2 aliphatic rings. The predicted octanol–water partition coefficient (Wildman–Crippen LogP) is 6.08. The molecule has 2 aromatic carbocycles. The Morgan fingerprint density at radius 3 is 2.67 bits per heavy atom. The van der Waals surface area contributed by atoms with Crippen molar-refractivity contribution in [3.8, 4) is 17.2 Å². The normalized spacial score (nSPS) is 21.5. The monoisotopic (exact) mass is 435 g/mol. The van der Waals surface area contributed by atoms with E-state index in [0.717, 1.165) is 32.9 Å². The third kappa shape index (κ3) is 4.00. The van der Waals surface area contributed by atoms with Gasteiger partial charge in [-0.15, -0.1) is 0 Å². The van der Waals surface area contributed by atoms with E-state index in [0.29, 0.717) is 16.8 Å². The van der Waals surface area contributed by atoms with E-state index in [4.69, 9.17) is 14.5 Å². The number of amidine groups is 1. The number of para-hydroxylation sites is 2. The lowest BCUT2D eigenvalue weighted by molar-refractivity contribution is 0.405. The summed E-state index contributed by atoms with van der Waals surface area (Å²) in [6.07, 6.45) is 3.00. The zero-order valence-corrected chi connectivity index (χ0v) is 18.3. The molecule has 1 saturated carbocycles. The van der Waals surface area contributed by atoms with Gasteiger partial charge in [0.1, 0.15) is 11.5 Å². The molecule has 1 aliphatic heterocycles. The fraction of sp³-hybridized carbons (Fsp3) is 0.217. The molecule has 1 fully saturated rings. The molecular weight excluding hydrogens is 414 g/mol. The molecule has 1 aromatic heterocycles. The number of thioether (sulfide) groups is 1. The second-order valence-corrected chi connectivity index (χ2v) is 9.70. The van der Waals surface area contributed by atoms with Gasteiger partial charge in [0.05, 0.1) is 17.5 Å². The van der Waals surface area contributed by atoms with Gasteiger partial charge in [0.15, 0.2) is 16.7 Å². The van der Waals surface area contributed by atoms with Gasteiger partial charge in [-0.1, -0.05) is 53.9 Å². The summed E-state index contributed by atoms with van der Waals surface area (Å²) in [7, 11) is 1.68. The standard InChI is InChI=1S/C23H21N3O2S2/c1-23-13-20(23)30-22(26-23)25-21-18(28-15-8-4-3-5-9-15)12-16(14-24-21)29-19-11-7-6-10-17(19)27-2/h3-12,14,20H,13H2,1-2H3,(H,24,25,26). The second-order valence-electron chi connectivity index (χ2n) is 7.40. The minimum Gasteiger partial charge on any atom is -0.496 e. The molecule has 3 aromatic rings. The molecule has 5 nitrogen and oxygen atoms in total. The maximum Gasteiger partial charge on any atom is 0.175 e. The summed E-state index contributed by atoms with van der Waals surface area (Å²) in [4.78, 5) is 11.5. The van der Waals surface area contributed by atoms with Crippen molar-refractivity contribution < 1.29 is 9.47 Å². The molecule has 0 amide bonds. The highest BCUT2D eigenvalue weighted by atomic mass is 32.2. The summed E-state index contributed by atoms with van der Waals surface area (Å²) in [5.74, 6) is 2.92. The first-order chi connectivity index (χ1) is 14.6. The molecule has 5 rings (SSSR count). The quantitative estimate of drug-likeness (QED) is 0.506. The number of hydrogen-bond acceptors (Lipinski definition) is 7. The average molecular weight is 436 g/mol. The predicted molar refractivity (Wildman–Crippen MR) is 123 cm³/mol. The largest absolute Gasteiger partial charge is 0.496 e. The van der Waals surface area contributed by atoms with Crippen molar-refractivity contribution in [3.63, 3.8) is 0 Å². The van der Waals surface area contributed by atoms with Gasteiger partial charge in [-0.3, -0.25) is 4.99 Å². The van der Waals surface area contributed by atoms with Crippen LogP contribution >= 0.6 is 23.5 Å². The number of ether oxygens (including phenoxy) is 2. The number of benzene rings is 2. The molecule has 1 N–H and O–H groups in total. The van der Waals surface area contributed by atoms with Gasteiger partial charge in [-0.25, -0.2) is 4.98 Å². The van der Waals surface area contributed by atoms with Crippen LogP contribution in [-0.4, -0.2) is 28.1 Å². The molecule has 2 atom stereocenters. The van der Waals surface area contributed by atoms with Gasteiger partial charge < -0.3 is 14.8 Å². The number of pyridine rings is 1. The third-order valence-electron chi connectivity index (χ3n) is 5.06. The van der Waals surface area contributed by atoms with Crippen LogP contribution in [0.25, 0.3) is 0 Å². The van der Waals surface area contributed by atoms with E-state index in [-0.39, 0.29) is 5.54 Å². The van der Waals surface area contributed by atoms with Crippen LogP contribution in [0.4, 0.5) is 5.82 Å². The maximum absolute atomic E-state index is 6.18. The summed E-state index contributed by atoms with van der Waals surface area (Å²) in [5.41, 5.74) is 0.0904. The lowest BCUT2D eigenvalue weighted by Crippen LogP contribution is -2.10. The smallest absolute Gasteiger partial charge is 0.175 e. The fourth-order valence-corrected chi connectivity index (χ4v) is 5.59. The van der Waals surface area contributed by atoms with Crippen molar-refractivity contribution in [2.75, 3.05) is 12.4 Å². The highest BCUT2D eigenvalue weighted by Gasteiger charge is 2.56. The number of nitrogens with zero attached hydrogens (tertiary/aromatic N) is 2. The Hall–Kier alpha value is -2.64. The topological polar surface area (TPSA) is 55.7 Å². The number of aromatic nitrogens is 1. The Balaban J connectivity index is 1.44. The van der Waals surface area contributed by atoms with Crippen LogP contribution in [0, 0.1) is 0 Å². The summed E-state index contributed by atoms with van der Waals surface area (Å²) >= 11 is 3.37. The van der Waals surface area contributed by atoms with Crippen LogP contribution in [0.15, 0.2) is 81.6 Å². The first kappa shape index (κ1) is 19.3. The van der Waals surface area contributed by atoms with Crippen molar-refractivity contribution in [3.05, 3.63) is 66.9 Å². The molecule has 0 spiro atoms. The van der Waals surface area contributed by atoms with Gasteiger partial charge in [-0.05, 0) is 37.6 Å². The van der Waals surface area contributed by atoms with E-state index in [1.54, 1.807) is 30.6 Å². The first-order valence-electron chi connectivity index (χ1n) is 9.70. The zero-order chi connectivity index (χ0) is 20.6. The molecular formula is C23H21N3O2S2. The van der Waals surface area contributed by atoms with Crippen molar-refractivity contribution in [2.24, 2.45) is 4.99 Å². The maximum atomic E-state index is 6.18. The van der Waals surface area contributed by atoms with Crippen molar-refractivity contribution >= 4 is 34.5 Å². The molecule has 2 unspecified atom stereocenters. The first-order valence-corrected chi connectivity index (χ1v) is 11.4. The third-order valence-corrected chi connectivity index (χ3v) is 7.46. The van der Waals surface area contributed by atoms with E-state index in [2.05, 4.69) is 17.2 Å². The molecule has 7 heteroatoms. The summed E-state index contributed by atoms with van der Waals surface area (Å²) in [5, 5.41) is 4.86. The summed E-state index contributed by atoms with van der Waals surface area (Å²) in [6.45, 7) is 2.20. The van der Waals surface area contributed by atoms with Gasteiger partial charge in [-0.2, -0.15) is 0 Å². The van der Waals surface area contributed by atoms with Crippen LogP contribution < -0.4 is 14.8 Å². The molecule has 1 aliphatic carbocycles. The van der Waals surface area contributed by atoms with Gasteiger partial charge in [0.25, 0.3) is 0 Å². The lowest BCUT2D eigenvalue weighted by Gasteiger charge is -2.14. The Morgan fingerprint density at radius 2 is 1.90 bits per heavy atom. The van der Waals surface area contributed by atoms with Crippen molar-refractivity contribution in [1.82, 2.24) is 4.98 Å². The van der Waals surface area contributed by atoms with E-state index in [1.807, 2.05) is 66.9 Å². The fourth-order valence-electron chi connectivity index (χ4n) is 3.25. The zero-order valence-electron chi connectivity index (χ0n) is 16.7. The second kappa shape index (κ2) is 7.89. The van der Waals surface area contributed by atoms with Crippen LogP contribution in [0.2, 0.25) is 0 Å². The van der Waals surface area contributed by atoms with E-state index < -0.39 is 0 Å². The van der Waals surface area contributed by atoms with Crippen molar-refractivity contribution in [2.45, 2.75) is 33.9 Å². The number of hydrogen-bond donors (Lipinski definition) is 1. The minimum absolute atomic E-state index is 0.0904. The van der Waals surface area contributed by atoms with Gasteiger partial charge >= 0.3 is 0 Å². The van der Waals surface area contributed by atoms with Crippen LogP contribution in [0.3, 0.4) is 0 Å². The number of anilines is 1. The van der Waals surface area contributed by atoms with E-state index in [9.17, 15) is 0 Å². The Morgan fingerprint density at radius 1 is 1.10 bits per heavy atom. The lowest BCUT2D eigenvalue weighted by atomic mass is 10.3. The van der Waals surface area contributed by atoms with Crippen LogP contribution in [0.1, 0.15) is 13.3 Å². The van der Waals surface area contributed by atoms with E-state index >= 15 is 0 Å². The number of methoxy groups -OCH3 is 1. The molecule has 0 saturated heterocycles. The number of rotatable bonds is 6. The average Bonchev–Trinajstić information content (AvgIpc) is 3.28. The van der Waals surface area contributed by atoms with Gasteiger partial charge in [0, 0.05) is 22.4 Å². The van der Waals surface area contributed by atoms with Crippen molar-refractivity contribution in [1.29, 1.82) is 0 Å². The molecule has 0 bridgehead atoms. The van der Waals surface area contributed by atoms with E-state index in [1.165, 1.54) is 0 Å². The number of fused-ring (bicyclic) bond motifs is 1. The molecule has 2 heterocycles. The Kier molecular flexibility index (Phi) is 5.08. The summed E-state index contributed by atoms with van der Waals surface area (Å²) < 4.78 is 11.7. The molecule has 30 heavy (non-hydrogen) atoms. The number of nitrogens with one attached hydrogen (secondary N) is 1. The SMILES string of the molecule is COc1ccccc1Sc1cnc(NC2=NC3(C)CC3S2)c(Oc2ccccc2)c1. The van der Waals surface area contributed by atoms with Crippen LogP contribution in [0.5, 0.6) is 17.2 Å². The molecule has 0 radical (unpaired) electrons. The highest BCUT2D eigenvalue weighted by molar-refractivity contribution is 8.15. The minimum atomic E-state index is 0.0904. The Labute approximate surface area is 184 Å². The van der Waals surface area contributed by atoms with Crippen LogP contribution in [-0.2, 0) is 0 Å². The number of aliphatic imine (C=N–C) groups is 1. The summed E-state index contributed by atoms with van der Waals surface area (Å²) in [6, 6.07) is 19.7.